The van der Waals surface area contributed by atoms with Gasteiger partial charge >= 0.3 is 5.97 Å². The number of carbonyl (C=O) groups is 2. The minimum absolute atomic E-state index is 0.0302. The van der Waals surface area contributed by atoms with Crippen LogP contribution in [0.3, 0.4) is 0 Å². The number of carboxylic acid groups (broad SMARTS) is 1. The lowest BCUT2D eigenvalue weighted by Crippen LogP contribution is -2.39. The van der Waals surface area contributed by atoms with E-state index >= 15 is 0 Å². The van der Waals surface area contributed by atoms with Crippen LogP contribution in [0.2, 0.25) is 5.02 Å². The Labute approximate surface area is 139 Å². The van der Waals surface area contributed by atoms with Crippen molar-refractivity contribution in [3.8, 4) is 0 Å². The topological polar surface area (TPSA) is 57.6 Å². The SMILES string of the molecule is CC(CN(C(=O)CSCc1cccc(Cl)c1)C1CC1)C(=O)O. The normalized spacial score (nSPS) is 15.4. The summed E-state index contributed by atoms with van der Waals surface area (Å²) in [4.78, 5) is 25.0. The average Bonchev–Trinajstić information content (AvgIpc) is 3.28. The number of aliphatic carboxylic acids is 1. The number of rotatable bonds is 8. The molecule has 0 spiro atoms. The molecule has 120 valence electrons. The number of carbonyl (C=O) groups excluding carboxylic acids is 1. The third kappa shape index (κ3) is 5.21. The van der Waals surface area contributed by atoms with Crippen LogP contribution < -0.4 is 0 Å². The molecule has 22 heavy (non-hydrogen) atoms. The lowest BCUT2D eigenvalue weighted by molar-refractivity contribution is -0.142. The lowest BCUT2D eigenvalue weighted by Gasteiger charge is -2.24. The minimum Gasteiger partial charge on any atom is -0.481 e. The average molecular weight is 342 g/mol. The van der Waals surface area contributed by atoms with Gasteiger partial charge in [-0.3, -0.25) is 9.59 Å². The summed E-state index contributed by atoms with van der Waals surface area (Å²) in [7, 11) is 0. The van der Waals surface area contributed by atoms with Crippen molar-refractivity contribution in [3.05, 3.63) is 34.9 Å². The van der Waals surface area contributed by atoms with E-state index in [1.54, 1.807) is 11.8 Å². The van der Waals surface area contributed by atoms with Gasteiger partial charge in [0, 0.05) is 23.4 Å². The number of halogens is 1. The van der Waals surface area contributed by atoms with Gasteiger partial charge in [0.15, 0.2) is 0 Å². The first-order chi connectivity index (χ1) is 10.5. The van der Waals surface area contributed by atoms with E-state index in [2.05, 4.69) is 0 Å². The predicted octanol–water partition coefficient (Wildman–Crippen LogP) is 3.28. The predicted molar refractivity (Wildman–Crippen MR) is 89.1 cm³/mol. The molecule has 0 radical (unpaired) electrons. The molecule has 6 heteroatoms. The maximum atomic E-state index is 12.3. The van der Waals surface area contributed by atoms with Gasteiger partial charge in [0.25, 0.3) is 0 Å². The van der Waals surface area contributed by atoms with Crippen LogP contribution >= 0.6 is 23.4 Å². The first kappa shape index (κ1) is 17.2. The molecule has 1 aliphatic rings. The highest BCUT2D eigenvalue weighted by molar-refractivity contribution is 7.99. The quantitative estimate of drug-likeness (QED) is 0.788. The van der Waals surface area contributed by atoms with Crippen molar-refractivity contribution in [1.82, 2.24) is 4.90 Å². The number of carboxylic acids is 1. The van der Waals surface area contributed by atoms with Crippen LogP contribution in [-0.2, 0) is 15.3 Å². The van der Waals surface area contributed by atoms with E-state index in [-0.39, 0.29) is 11.9 Å². The van der Waals surface area contributed by atoms with E-state index in [1.165, 1.54) is 11.8 Å². The van der Waals surface area contributed by atoms with Gasteiger partial charge in [-0.1, -0.05) is 30.7 Å². The standard InChI is InChI=1S/C16H20ClNO3S/c1-11(16(20)21)8-18(14-5-6-14)15(19)10-22-9-12-3-2-4-13(17)7-12/h2-4,7,11,14H,5-6,8-10H2,1H3,(H,20,21). The van der Waals surface area contributed by atoms with Crippen molar-refractivity contribution in [1.29, 1.82) is 0 Å². The molecule has 1 aromatic rings. The molecule has 1 saturated carbocycles. The van der Waals surface area contributed by atoms with Gasteiger partial charge in [0.2, 0.25) is 5.91 Å². The van der Waals surface area contributed by atoms with Crippen molar-refractivity contribution in [2.75, 3.05) is 12.3 Å². The third-order valence-corrected chi connectivity index (χ3v) is 4.81. The Hall–Kier alpha value is -1.20. The van der Waals surface area contributed by atoms with E-state index in [9.17, 15) is 9.59 Å². The summed E-state index contributed by atoms with van der Waals surface area (Å²) < 4.78 is 0. The first-order valence-corrected chi connectivity index (χ1v) is 8.85. The monoisotopic (exact) mass is 341 g/mol. The van der Waals surface area contributed by atoms with Gasteiger partial charge < -0.3 is 10.0 Å². The highest BCUT2D eigenvalue weighted by Crippen LogP contribution is 2.28. The summed E-state index contributed by atoms with van der Waals surface area (Å²) in [6.07, 6.45) is 1.97. The van der Waals surface area contributed by atoms with Crippen molar-refractivity contribution >= 4 is 35.2 Å². The third-order valence-electron chi connectivity index (χ3n) is 3.58. The van der Waals surface area contributed by atoms with E-state index in [1.807, 2.05) is 24.3 Å². The Balaban J connectivity index is 1.82. The second-order valence-corrected chi connectivity index (χ2v) is 7.06. The second kappa shape index (κ2) is 7.88. The van der Waals surface area contributed by atoms with Crippen LogP contribution in [0.5, 0.6) is 0 Å². The number of benzene rings is 1. The summed E-state index contributed by atoms with van der Waals surface area (Å²) >= 11 is 7.47. The zero-order valence-electron chi connectivity index (χ0n) is 12.5. The van der Waals surface area contributed by atoms with Gasteiger partial charge in [0.1, 0.15) is 0 Å². The summed E-state index contributed by atoms with van der Waals surface area (Å²) in [6.45, 7) is 1.95. The molecule has 4 nitrogen and oxygen atoms in total. The molecular weight excluding hydrogens is 322 g/mol. The summed E-state index contributed by atoms with van der Waals surface area (Å²) in [5, 5.41) is 9.70. The van der Waals surface area contributed by atoms with Gasteiger partial charge in [-0.2, -0.15) is 0 Å². The largest absolute Gasteiger partial charge is 0.481 e. The lowest BCUT2D eigenvalue weighted by atomic mass is 10.1. The highest BCUT2D eigenvalue weighted by Gasteiger charge is 2.34. The molecule has 0 heterocycles. The molecule has 0 aliphatic heterocycles. The summed E-state index contributed by atoms with van der Waals surface area (Å²) in [5.74, 6) is -0.260. The van der Waals surface area contributed by atoms with Gasteiger partial charge in [-0.15, -0.1) is 11.8 Å². The van der Waals surface area contributed by atoms with Crippen LogP contribution in [-0.4, -0.2) is 40.2 Å². The van der Waals surface area contributed by atoms with Crippen LogP contribution in [0.4, 0.5) is 0 Å². The van der Waals surface area contributed by atoms with Crippen molar-refractivity contribution in [2.24, 2.45) is 5.92 Å². The van der Waals surface area contributed by atoms with Crippen molar-refractivity contribution in [2.45, 2.75) is 31.6 Å². The number of amides is 1. The van der Waals surface area contributed by atoms with Crippen LogP contribution in [0, 0.1) is 5.92 Å². The molecule has 1 atom stereocenters. The molecule has 2 rings (SSSR count). The zero-order valence-corrected chi connectivity index (χ0v) is 14.1. The molecule has 1 aromatic carbocycles. The minimum atomic E-state index is -0.856. The van der Waals surface area contributed by atoms with Gasteiger partial charge in [-0.05, 0) is 30.5 Å². The first-order valence-electron chi connectivity index (χ1n) is 7.32. The van der Waals surface area contributed by atoms with Crippen LogP contribution in [0.1, 0.15) is 25.3 Å². The molecule has 1 N–H and O–H groups in total. The second-order valence-electron chi connectivity index (χ2n) is 5.64. The van der Waals surface area contributed by atoms with Crippen molar-refractivity contribution < 1.29 is 14.7 Å². The molecular formula is C16H20ClNO3S. The Morgan fingerprint density at radius 2 is 2.18 bits per heavy atom. The number of hydrogen-bond donors (Lipinski definition) is 1. The zero-order chi connectivity index (χ0) is 16.1. The molecule has 1 fully saturated rings. The van der Waals surface area contributed by atoms with E-state index in [0.717, 1.165) is 24.2 Å². The molecule has 0 aromatic heterocycles. The number of nitrogens with zero attached hydrogens (tertiary/aromatic N) is 1. The fourth-order valence-electron chi connectivity index (χ4n) is 2.18. The molecule has 1 aliphatic carbocycles. The fourth-order valence-corrected chi connectivity index (χ4v) is 3.25. The van der Waals surface area contributed by atoms with Crippen LogP contribution in [0.25, 0.3) is 0 Å². The fraction of sp³-hybridized carbons (Fsp3) is 0.500. The van der Waals surface area contributed by atoms with Crippen LogP contribution in [0.15, 0.2) is 24.3 Å². The molecule has 1 amide bonds. The summed E-state index contributed by atoms with van der Waals surface area (Å²) in [5.41, 5.74) is 1.09. The van der Waals surface area contributed by atoms with E-state index < -0.39 is 11.9 Å². The Morgan fingerprint density at radius 3 is 2.77 bits per heavy atom. The Morgan fingerprint density at radius 1 is 1.45 bits per heavy atom. The highest BCUT2D eigenvalue weighted by atomic mass is 35.5. The number of hydrogen-bond acceptors (Lipinski definition) is 3. The maximum Gasteiger partial charge on any atom is 0.308 e. The number of thioether (sulfide) groups is 1. The Kier molecular flexibility index (Phi) is 6.15. The molecule has 1 unspecified atom stereocenters. The van der Waals surface area contributed by atoms with E-state index in [0.29, 0.717) is 17.3 Å². The maximum absolute atomic E-state index is 12.3. The van der Waals surface area contributed by atoms with Gasteiger partial charge in [0.05, 0.1) is 11.7 Å². The smallest absolute Gasteiger partial charge is 0.308 e. The molecule has 0 bridgehead atoms. The van der Waals surface area contributed by atoms with E-state index in [4.69, 9.17) is 16.7 Å². The molecule has 0 saturated heterocycles. The van der Waals surface area contributed by atoms with Gasteiger partial charge in [-0.25, -0.2) is 0 Å². The van der Waals surface area contributed by atoms with Crippen molar-refractivity contribution in [3.63, 3.8) is 0 Å². The summed E-state index contributed by atoms with van der Waals surface area (Å²) in [6, 6.07) is 7.83. The Bertz CT molecular complexity index is 548.